The summed E-state index contributed by atoms with van der Waals surface area (Å²) >= 11 is 0.290. The Morgan fingerprint density at radius 1 is 1.16 bits per heavy atom. The number of alkyl halides is 1. The first-order valence-electron chi connectivity index (χ1n) is 12.9. The zero-order valence-electron chi connectivity index (χ0n) is 23.4. The van der Waals surface area contributed by atoms with E-state index in [1.807, 2.05) is 4.98 Å². The predicted molar refractivity (Wildman–Crippen MR) is 150 cm³/mol. The largest absolute Gasteiger partial charge is 0.502 e. The molecule has 0 amide bonds. The number of phosphoric ester groups is 1. The molecule has 20 nitrogen and oxygen atoms in total. The molecule has 45 heavy (non-hydrogen) atoms. The number of nitrogen functional groups attached to an aromatic ring is 1. The van der Waals surface area contributed by atoms with E-state index >= 15 is 0 Å². The highest BCUT2D eigenvalue weighted by Gasteiger charge is 2.52. The van der Waals surface area contributed by atoms with Gasteiger partial charge in [0.1, 0.15) is 42.6 Å². The number of ether oxygens (including phenoxy) is 3. The fourth-order valence-corrected chi connectivity index (χ4v) is 7.64. The van der Waals surface area contributed by atoms with Crippen molar-refractivity contribution >= 4 is 43.0 Å². The number of aromatic nitrogens is 6. The van der Waals surface area contributed by atoms with Crippen LogP contribution in [0, 0.1) is 0 Å². The Morgan fingerprint density at radius 2 is 1.93 bits per heavy atom. The van der Waals surface area contributed by atoms with Crippen LogP contribution < -0.4 is 17.0 Å². The number of imidazole rings is 1. The van der Waals surface area contributed by atoms with Crippen LogP contribution in [-0.2, 0) is 42.0 Å². The van der Waals surface area contributed by atoms with Crippen LogP contribution in [-0.4, -0.2) is 96.0 Å². The third-order valence-electron chi connectivity index (χ3n) is 6.76. The minimum absolute atomic E-state index is 0.0441. The maximum absolute atomic E-state index is 14.9. The van der Waals surface area contributed by atoms with E-state index < -0.39 is 75.5 Å². The highest BCUT2D eigenvalue weighted by Crippen LogP contribution is 2.56. The van der Waals surface area contributed by atoms with Crippen LogP contribution in [0.1, 0.15) is 18.9 Å². The van der Waals surface area contributed by atoms with Gasteiger partial charge >= 0.3 is 20.3 Å². The topological polar surface area (TPSA) is 264 Å². The van der Waals surface area contributed by atoms with Gasteiger partial charge in [-0.25, -0.2) is 38.2 Å². The summed E-state index contributed by atoms with van der Waals surface area (Å²) in [6.07, 6.45) is -5.72. The smallest absolute Gasteiger partial charge is 0.382 e. The summed E-state index contributed by atoms with van der Waals surface area (Å²) in [6.45, 7) is -5.25. The molecule has 0 bridgehead atoms. The van der Waals surface area contributed by atoms with Crippen molar-refractivity contribution in [3.05, 3.63) is 45.8 Å². The van der Waals surface area contributed by atoms with Crippen molar-refractivity contribution < 1.29 is 56.1 Å². The molecule has 5 N–H and O–H groups in total. The van der Waals surface area contributed by atoms with Gasteiger partial charge in [-0.05, 0) is 11.4 Å². The molecule has 8 atom stereocenters. The van der Waals surface area contributed by atoms with Crippen LogP contribution in [0.5, 0.6) is 0 Å². The van der Waals surface area contributed by atoms with Crippen molar-refractivity contribution in [3.8, 4) is 0 Å². The van der Waals surface area contributed by atoms with Gasteiger partial charge in [-0.1, -0.05) is 0 Å². The molecule has 3 aromatic heterocycles. The number of aromatic amines is 1. The Bertz CT molecular complexity index is 1720. The highest BCUT2D eigenvalue weighted by molar-refractivity contribution is 8.54. The molecule has 0 radical (unpaired) electrons. The average molecular weight is 700 g/mol. The minimum atomic E-state index is -4.79. The van der Waals surface area contributed by atoms with E-state index in [9.17, 15) is 32.9 Å². The number of hydrogen-bond donors (Lipinski definition) is 4. The maximum atomic E-state index is 14.9. The van der Waals surface area contributed by atoms with Crippen LogP contribution in [0.2, 0.25) is 0 Å². The number of hydrogen-bond acceptors (Lipinski definition) is 16. The Kier molecular flexibility index (Phi) is 10.2. The molecular weight excluding hydrogens is 671 g/mol. The molecule has 248 valence electrons. The van der Waals surface area contributed by atoms with E-state index in [2.05, 4.69) is 19.8 Å². The van der Waals surface area contributed by atoms with Crippen LogP contribution in [0.3, 0.4) is 0 Å². The van der Waals surface area contributed by atoms with Gasteiger partial charge in [-0.3, -0.25) is 28.0 Å². The number of nitrogens with one attached hydrogen (secondary N) is 1. The molecule has 0 spiro atoms. The van der Waals surface area contributed by atoms with Crippen molar-refractivity contribution in [2.45, 2.75) is 49.5 Å². The molecular formula is C21H28FN7O13P2S. The second-order valence-corrected chi connectivity index (χ2v) is 14.9. The van der Waals surface area contributed by atoms with Gasteiger partial charge in [0.15, 0.2) is 17.7 Å². The van der Waals surface area contributed by atoms with E-state index in [0.717, 1.165) is 23.9 Å². The summed E-state index contributed by atoms with van der Waals surface area (Å²) in [5.41, 5.74) is 4.80. The molecule has 1 unspecified atom stereocenters. The zero-order chi connectivity index (χ0) is 32.5. The number of halogens is 1. The third-order valence-corrected chi connectivity index (χ3v) is 10.3. The first-order valence-corrected chi connectivity index (χ1v) is 17.6. The number of anilines is 1. The van der Waals surface area contributed by atoms with Gasteiger partial charge in [0.25, 0.3) is 5.56 Å². The van der Waals surface area contributed by atoms with E-state index in [4.69, 9.17) is 33.7 Å². The lowest BCUT2D eigenvalue weighted by Gasteiger charge is -2.27. The van der Waals surface area contributed by atoms with Crippen molar-refractivity contribution in [1.29, 1.82) is 0 Å². The van der Waals surface area contributed by atoms with Gasteiger partial charge in [0.2, 0.25) is 0 Å². The molecule has 3 aromatic rings. The Labute approximate surface area is 255 Å². The van der Waals surface area contributed by atoms with Gasteiger partial charge in [0.05, 0.1) is 26.1 Å². The lowest BCUT2D eigenvalue weighted by atomic mass is 10.1. The highest BCUT2D eigenvalue weighted by atomic mass is 32.7. The molecule has 5 heterocycles. The third kappa shape index (κ3) is 7.53. The second kappa shape index (κ2) is 13.6. The standard InChI is InChI=1S/C21H28FN7O13P2S/c1-36-16-12(7-45-43(32,33)34)40-20(29-9-26-15-18(23)24-8-25-19(15)29)17(16)41-44(35,42-37-2)38-6-11-10(22)5-14(39-11)28-4-3-13(30)27-21(28)31/h3-4,8-12,14,16-17,20H,5-7H2,1-2H3,(H2,23,24,25)(H,27,30,31)(H2,32,33,34)/t10-,11+,12+,14+,16+,17+,20+,44?/m0/s1. The van der Waals surface area contributed by atoms with Gasteiger partial charge < -0.3 is 29.7 Å². The quantitative estimate of drug-likeness (QED) is 0.107. The molecule has 0 aromatic carbocycles. The first-order chi connectivity index (χ1) is 21.3. The van der Waals surface area contributed by atoms with Crippen LogP contribution >= 0.6 is 26.0 Å². The van der Waals surface area contributed by atoms with Crippen molar-refractivity contribution in [1.82, 2.24) is 29.1 Å². The number of methoxy groups -OCH3 is 1. The Balaban J connectivity index is 1.39. The van der Waals surface area contributed by atoms with Crippen molar-refractivity contribution in [2.24, 2.45) is 0 Å². The fourth-order valence-electron chi connectivity index (χ4n) is 4.83. The van der Waals surface area contributed by atoms with Crippen LogP contribution in [0.25, 0.3) is 11.2 Å². The molecule has 0 saturated carbocycles. The molecule has 2 fully saturated rings. The SMILES string of the molecule is COOP(=O)(OC[C@H]1O[C@@H](n2ccc(=O)[nH]c2=O)C[C@@H]1F)O[C@@H]1[C@H](OC)[C@@H](CSP(=O)(O)O)O[C@H]1n1cnc2c(N)ncnc21. The summed E-state index contributed by atoms with van der Waals surface area (Å²) in [5.74, 6) is -0.243. The molecule has 2 aliphatic heterocycles. The lowest BCUT2D eigenvalue weighted by molar-refractivity contribution is -0.209. The summed E-state index contributed by atoms with van der Waals surface area (Å²) in [5, 5.41) is 0. The minimum Gasteiger partial charge on any atom is -0.382 e. The number of H-pyrrole nitrogens is 1. The van der Waals surface area contributed by atoms with E-state index in [-0.39, 0.29) is 29.2 Å². The predicted octanol–water partition coefficient (Wildman–Crippen LogP) is 0.411. The number of nitrogens with two attached hydrogens (primary N) is 1. The van der Waals surface area contributed by atoms with E-state index in [1.165, 1.54) is 24.3 Å². The van der Waals surface area contributed by atoms with Crippen molar-refractivity contribution in [2.75, 3.05) is 32.3 Å². The fraction of sp³-hybridized carbons (Fsp3) is 0.571. The average Bonchev–Trinajstić information content (AvgIpc) is 3.66. The molecule has 5 rings (SSSR count). The zero-order valence-corrected chi connectivity index (χ0v) is 26.0. The monoisotopic (exact) mass is 699 g/mol. The summed E-state index contributed by atoms with van der Waals surface area (Å²) in [7, 11) is -2.51. The van der Waals surface area contributed by atoms with Crippen LogP contribution in [0.15, 0.2) is 34.5 Å². The molecule has 2 saturated heterocycles. The van der Waals surface area contributed by atoms with Crippen LogP contribution in [0.4, 0.5) is 10.2 Å². The first kappa shape index (κ1) is 33.8. The Morgan fingerprint density at radius 3 is 2.62 bits per heavy atom. The van der Waals surface area contributed by atoms with E-state index in [0.29, 0.717) is 11.4 Å². The lowest BCUT2D eigenvalue weighted by Crippen LogP contribution is -2.36. The van der Waals surface area contributed by atoms with E-state index in [1.54, 1.807) is 0 Å². The molecule has 2 aliphatic rings. The second-order valence-electron chi connectivity index (χ2n) is 9.59. The number of nitrogens with zero attached hydrogens (tertiary/aromatic N) is 5. The molecule has 24 heteroatoms. The van der Waals surface area contributed by atoms with Gasteiger partial charge in [-0.2, -0.15) is 0 Å². The summed E-state index contributed by atoms with van der Waals surface area (Å²) in [6, 6.07) is 1.07. The number of rotatable bonds is 13. The normalized spacial score (nSPS) is 28.5. The van der Waals surface area contributed by atoms with Gasteiger partial charge in [0, 0.05) is 31.5 Å². The van der Waals surface area contributed by atoms with Gasteiger partial charge in [-0.15, -0.1) is 4.67 Å². The molecule has 0 aliphatic carbocycles. The maximum Gasteiger partial charge on any atom is 0.502 e. The summed E-state index contributed by atoms with van der Waals surface area (Å²) in [4.78, 5) is 61.2. The number of fused-ring (bicyclic) bond motifs is 1. The summed E-state index contributed by atoms with van der Waals surface area (Å²) < 4.78 is 76.0. The Hall–Kier alpha value is -2.59. The number of phosphoric acid groups is 1. The van der Waals surface area contributed by atoms with Crippen molar-refractivity contribution in [3.63, 3.8) is 0 Å².